The molecule has 1 fully saturated rings. The number of hydrogen-bond donors (Lipinski definition) is 3. The molecule has 5 nitrogen and oxygen atoms in total. The van der Waals surface area contributed by atoms with Gasteiger partial charge in [-0.25, -0.2) is 15.8 Å². The lowest BCUT2D eigenvalue weighted by Crippen LogP contribution is -2.18. The molecule has 1 aliphatic rings. The highest BCUT2D eigenvalue weighted by atomic mass is 32.2. The van der Waals surface area contributed by atoms with Gasteiger partial charge in [-0.15, -0.1) is 0 Å². The summed E-state index contributed by atoms with van der Waals surface area (Å²) in [6.07, 6.45) is 5.62. The summed E-state index contributed by atoms with van der Waals surface area (Å²) >= 11 is 1.86. The number of nitrogens with two attached hydrogens (primary N) is 1. The molecule has 2 rings (SSSR count). The van der Waals surface area contributed by atoms with Crippen molar-refractivity contribution in [2.75, 3.05) is 22.8 Å². The van der Waals surface area contributed by atoms with Crippen LogP contribution in [0.5, 0.6) is 0 Å². The molecule has 1 unspecified atom stereocenters. The zero-order valence-electron chi connectivity index (χ0n) is 10.9. The monoisotopic (exact) mass is 267 g/mol. The normalized spacial score (nSPS) is 16.4. The Morgan fingerprint density at radius 1 is 1.44 bits per heavy atom. The molecule has 0 amide bonds. The number of nitrogens with one attached hydrogen (secondary N) is 2. The summed E-state index contributed by atoms with van der Waals surface area (Å²) in [7, 11) is 0. The Hall–Kier alpha value is -1.01. The topological polar surface area (TPSA) is 75.9 Å². The Bertz CT molecular complexity index is 394. The van der Waals surface area contributed by atoms with Crippen LogP contribution < -0.4 is 16.6 Å². The van der Waals surface area contributed by atoms with Gasteiger partial charge in [0.1, 0.15) is 17.5 Å². The van der Waals surface area contributed by atoms with Gasteiger partial charge in [0.15, 0.2) is 0 Å². The van der Waals surface area contributed by atoms with Crippen molar-refractivity contribution in [3.05, 3.63) is 11.9 Å². The predicted octanol–water partition coefficient (Wildman–Crippen LogP) is 2.19. The van der Waals surface area contributed by atoms with Crippen LogP contribution in [-0.2, 0) is 0 Å². The largest absolute Gasteiger partial charge is 0.367 e. The number of nitrogen functional groups attached to an aromatic ring is 1. The number of thioether (sulfide) groups is 1. The molecule has 0 radical (unpaired) electrons. The van der Waals surface area contributed by atoms with E-state index in [1.54, 1.807) is 0 Å². The first-order valence-electron chi connectivity index (χ1n) is 6.34. The van der Waals surface area contributed by atoms with Crippen LogP contribution in [0.25, 0.3) is 0 Å². The van der Waals surface area contributed by atoms with Crippen LogP contribution in [0.2, 0.25) is 0 Å². The van der Waals surface area contributed by atoms with Crippen LogP contribution in [-0.4, -0.2) is 28.0 Å². The van der Waals surface area contributed by atoms with Gasteiger partial charge in [0.25, 0.3) is 0 Å². The molecule has 1 aromatic heterocycles. The molecular weight excluding hydrogens is 246 g/mol. The molecule has 4 N–H and O–H groups in total. The number of nitrogens with zero attached hydrogens (tertiary/aromatic N) is 2. The molecule has 1 saturated carbocycles. The fourth-order valence-electron chi connectivity index (χ4n) is 1.76. The van der Waals surface area contributed by atoms with E-state index in [4.69, 9.17) is 5.84 Å². The smallest absolute Gasteiger partial charge is 0.145 e. The highest BCUT2D eigenvalue weighted by Crippen LogP contribution is 2.38. The lowest BCUT2D eigenvalue weighted by molar-refractivity contribution is 0.762. The second-order valence-corrected chi connectivity index (χ2v) is 5.73. The molecule has 100 valence electrons. The average Bonchev–Trinajstić information content (AvgIpc) is 3.20. The van der Waals surface area contributed by atoms with E-state index >= 15 is 0 Å². The first-order chi connectivity index (χ1) is 8.72. The average molecular weight is 267 g/mol. The minimum absolute atomic E-state index is 0.407. The van der Waals surface area contributed by atoms with Gasteiger partial charge in [-0.1, -0.05) is 0 Å². The van der Waals surface area contributed by atoms with Crippen LogP contribution in [0.15, 0.2) is 6.07 Å². The third-order valence-corrected chi connectivity index (χ3v) is 3.63. The van der Waals surface area contributed by atoms with Gasteiger partial charge < -0.3 is 10.7 Å². The molecule has 1 heterocycles. The van der Waals surface area contributed by atoms with Gasteiger partial charge in [-0.3, -0.25) is 0 Å². The quantitative estimate of drug-likeness (QED) is 0.519. The van der Waals surface area contributed by atoms with Gasteiger partial charge in [-0.05, 0) is 38.2 Å². The van der Waals surface area contributed by atoms with Gasteiger partial charge in [0, 0.05) is 18.0 Å². The number of hydrogen-bond acceptors (Lipinski definition) is 6. The summed E-state index contributed by atoms with van der Waals surface area (Å²) in [5.74, 6) is 9.59. The van der Waals surface area contributed by atoms with E-state index in [2.05, 4.69) is 33.9 Å². The maximum Gasteiger partial charge on any atom is 0.145 e. The number of hydrazine groups is 1. The minimum Gasteiger partial charge on any atom is -0.367 e. The zero-order chi connectivity index (χ0) is 13.0. The second-order valence-electron chi connectivity index (χ2n) is 4.74. The van der Waals surface area contributed by atoms with Crippen molar-refractivity contribution in [1.82, 2.24) is 9.97 Å². The van der Waals surface area contributed by atoms with Crippen LogP contribution in [0.3, 0.4) is 0 Å². The molecule has 0 bridgehead atoms. The summed E-state index contributed by atoms with van der Waals surface area (Å²) in [5, 5.41) is 3.41. The van der Waals surface area contributed by atoms with Crippen molar-refractivity contribution < 1.29 is 0 Å². The Morgan fingerprint density at radius 3 is 2.78 bits per heavy atom. The summed E-state index contributed by atoms with van der Waals surface area (Å²) in [6.45, 7) is 2.17. The van der Waals surface area contributed by atoms with Gasteiger partial charge in [-0.2, -0.15) is 11.8 Å². The predicted molar refractivity (Wildman–Crippen MR) is 77.9 cm³/mol. The van der Waals surface area contributed by atoms with Crippen molar-refractivity contribution in [2.24, 2.45) is 5.84 Å². The summed E-state index contributed by atoms with van der Waals surface area (Å²) in [5.41, 5.74) is 2.61. The van der Waals surface area contributed by atoms with Gasteiger partial charge in [0.05, 0.1) is 0 Å². The molecule has 18 heavy (non-hydrogen) atoms. The van der Waals surface area contributed by atoms with Crippen molar-refractivity contribution in [2.45, 2.75) is 38.1 Å². The minimum atomic E-state index is 0.407. The maximum atomic E-state index is 5.45. The van der Waals surface area contributed by atoms with Crippen LogP contribution in [0.4, 0.5) is 11.6 Å². The maximum absolute atomic E-state index is 5.45. The van der Waals surface area contributed by atoms with E-state index < -0.39 is 0 Å². The third kappa shape index (κ3) is 3.74. The van der Waals surface area contributed by atoms with Crippen LogP contribution in [0.1, 0.15) is 37.9 Å². The summed E-state index contributed by atoms with van der Waals surface area (Å²) < 4.78 is 0. The van der Waals surface area contributed by atoms with E-state index in [-0.39, 0.29) is 0 Å². The van der Waals surface area contributed by atoms with E-state index in [9.17, 15) is 0 Å². The molecular formula is C12H21N5S. The highest BCUT2D eigenvalue weighted by Gasteiger charge is 2.27. The SMILES string of the molecule is CSCCC(C)Nc1cc(NN)nc(C2CC2)n1. The first kappa shape index (κ1) is 13.4. The second kappa shape index (κ2) is 6.24. The number of rotatable bonds is 7. The van der Waals surface area contributed by atoms with Crippen LogP contribution >= 0.6 is 11.8 Å². The molecule has 0 aromatic carbocycles. The lowest BCUT2D eigenvalue weighted by atomic mass is 10.2. The van der Waals surface area contributed by atoms with Gasteiger partial charge in [0.2, 0.25) is 0 Å². The number of aromatic nitrogens is 2. The standard InChI is InChI=1S/C12H21N5S/c1-8(5-6-18-2)14-10-7-11(17-13)16-12(15-10)9-3-4-9/h7-9H,3-6,13H2,1-2H3,(H2,14,15,16,17). The van der Waals surface area contributed by atoms with Gasteiger partial charge >= 0.3 is 0 Å². The van der Waals surface area contributed by atoms with E-state index in [1.807, 2.05) is 17.8 Å². The lowest BCUT2D eigenvalue weighted by Gasteiger charge is -2.15. The van der Waals surface area contributed by atoms with Crippen molar-refractivity contribution in [3.63, 3.8) is 0 Å². The molecule has 0 spiro atoms. The van der Waals surface area contributed by atoms with Crippen molar-refractivity contribution in [3.8, 4) is 0 Å². The van der Waals surface area contributed by atoms with Crippen LogP contribution in [0, 0.1) is 0 Å². The molecule has 0 aliphatic heterocycles. The zero-order valence-corrected chi connectivity index (χ0v) is 11.8. The van der Waals surface area contributed by atoms with Crippen molar-refractivity contribution in [1.29, 1.82) is 0 Å². The summed E-state index contributed by atoms with van der Waals surface area (Å²) in [4.78, 5) is 8.96. The Kier molecular flexibility index (Phi) is 4.66. The highest BCUT2D eigenvalue weighted by molar-refractivity contribution is 7.98. The first-order valence-corrected chi connectivity index (χ1v) is 7.73. The number of anilines is 2. The summed E-state index contributed by atoms with van der Waals surface area (Å²) in [6, 6.07) is 2.27. The fourth-order valence-corrected chi connectivity index (χ4v) is 2.35. The Morgan fingerprint density at radius 2 is 2.17 bits per heavy atom. The van der Waals surface area contributed by atoms with E-state index in [1.165, 1.54) is 12.8 Å². The molecule has 0 saturated heterocycles. The molecule has 1 aromatic rings. The fraction of sp³-hybridized carbons (Fsp3) is 0.667. The van der Waals surface area contributed by atoms with Crippen molar-refractivity contribution >= 4 is 23.4 Å². The Balaban J connectivity index is 2.04. The molecule has 6 heteroatoms. The van der Waals surface area contributed by atoms with E-state index in [0.29, 0.717) is 17.8 Å². The molecule has 1 atom stereocenters. The van der Waals surface area contributed by atoms with E-state index in [0.717, 1.165) is 23.8 Å². The Labute approximate surface area is 112 Å². The third-order valence-electron chi connectivity index (χ3n) is 2.98. The molecule has 1 aliphatic carbocycles.